The van der Waals surface area contributed by atoms with E-state index in [-0.39, 0.29) is 5.92 Å². The largest absolute Gasteiger partial charge is 0.383 e. The van der Waals surface area contributed by atoms with Crippen molar-refractivity contribution < 1.29 is 4.74 Å². The van der Waals surface area contributed by atoms with Gasteiger partial charge in [-0.25, -0.2) is 0 Å². The minimum Gasteiger partial charge on any atom is -0.383 e. The average molecular weight is 210 g/mol. The number of rotatable bonds is 7. The van der Waals surface area contributed by atoms with Gasteiger partial charge in [0.25, 0.3) is 0 Å². The number of hydrogen-bond donors (Lipinski definition) is 0. The van der Waals surface area contributed by atoms with Crippen molar-refractivity contribution in [2.45, 2.75) is 32.7 Å². The molecule has 0 radical (unpaired) electrons. The highest BCUT2D eigenvalue weighted by Crippen LogP contribution is 2.35. The maximum absolute atomic E-state index is 8.84. The number of ether oxygens (including phenoxy) is 1. The van der Waals surface area contributed by atoms with Gasteiger partial charge < -0.3 is 4.74 Å². The molecule has 3 heteroatoms. The van der Waals surface area contributed by atoms with E-state index in [1.165, 1.54) is 12.8 Å². The second-order valence-corrected chi connectivity index (χ2v) is 4.60. The Labute approximate surface area is 93.0 Å². The molecule has 0 aromatic carbocycles. The molecule has 1 rings (SSSR count). The summed E-state index contributed by atoms with van der Waals surface area (Å²) in [4.78, 5) is 2.40. The molecule has 1 aliphatic carbocycles. The molecule has 1 fully saturated rings. The summed E-state index contributed by atoms with van der Waals surface area (Å²) in [6.45, 7) is 6.84. The molecule has 1 aliphatic rings. The Kier molecular flexibility index (Phi) is 5.07. The molecule has 3 nitrogen and oxygen atoms in total. The van der Waals surface area contributed by atoms with Gasteiger partial charge in [0.15, 0.2) is 0 Å². The summed E-state index contributed by atoms with van der Waals surface area (Å²) in [6, 6.07) is 2.91. The van der Waals surface area contributed by atoms with Crippen LogP contribution in [-0.4, -0.2) is 37.7 Å². The van der Waals surface area contributed by atoms with Gasteiger partial charge in [-0.1, -0.05) is 0 Å². The van der Waals surface area contributed by atoms with Crippen molar-refractivity contribution in [3.63, 3.8) is 0 Å². The summed E-state index contributed by atoms with van der Waals surface area (Å²) in [7, 11) is 1.73. The fourth-order valence-corrected chi connectivity index (χ4v) is 1.94. The lowest BCUT2D eigenvalue weighted by molar-refractivity contribution is 0.111. The van der Waals surface area contributed by atoms with Gasteiger partial charge in [-0.15, -0.1) is 0 Å². The third kappa shape index (κ3) is 4.19. The number of nitrogens with zero attached hydrogens (tertiary/aromatic N) is 2. The first kappa shape index (κ1) is 12.5. The summed E-state index contributed by atoms with van der Waals surface area (Å²) in [5.74, 6) is 0.968. The molecule has 2 atom stereocenters. The second-order valence-electron chi connectivity index (χ2n) is 4.60. The van der Waals surface area contributed by atoms with Crippen LogP contribution in [0.25, 0.3) is 0 Å². The molecule has 0 spiro atoms. The zero-order valence-corrected chi connectivity index (χ0v) is 10.1. The molecule has 0 N–H and O–H groups in total. The predicted octanol–water partition coefficient (Wildman–Crippen LogP) is 1.89. The number of hydrogen-bond acceptors (Lipinski definition) is 3. The van der Waals surface area contributed by atoms with Crippen LogP contribution in [0, 0.1) is 23.2 Å². The Hall–Kier alpha value is -0.590. The number of nitriles is 1. The molecule has 0 bridgehead atoms. The van der Waals surface area contributed by atoms with Crippen LogP contribution in [0.4, 0.5) is 0 Å². The maximum atomic E-state index is 8.84. The van der Waals surface area contributed by atoms with Gasteiger partial charge in [-0.2, -0.15) is 5.26 Å². The highest BCUT2D eigenvalue weighted by Gasteiger charge is 2.32. The maximum Gasteiger partial charge on any atom is 0.0666 e. The first-order chi connectivity index (χ1) is 7.19. The van der Waals surface area contributed by atoms with Crippen LogP contribution in [0.5, 0.6) is 0 Å². The van der Waals surface area contributed by atoms with Gasteiger partial charge in [-0.05, 0) is 32.6 Å². The fourth-order valence-electron chi connectivity index (χ4n) is 1.94. The molecule has 0 heterocycles. The van der Waals surface area contributed by atoms with Crippen molar-refractivity contribution in [1.29, 1.82) is 5.26 Å². The summed E-state index contributed by atoms with van der Waals surface area (Å²) in [6.07, 6.45) is 2.71. The van der Waals surface area contributed by atoms with E-state index in [1.807, 2.05) is 6.92 Å². The minimum atomic E-state index is 0.114. The molecular weight excluding hydrogens is 188 g/mol. The highest BCUT2D eigenvalue weighted by molar-refractivity contribution is 4.88. The topological polar surface area (TPSA) is 36.3 Å². The Morgan fingerprint density at radius 1 is 1.47 bits per heavy atom. The third-order valence-corrected chi connectivity index (χ3v) is 3.19. The normalized spacial score (nSPS) is 19.9. The first-order valence-electron chi connectivity index (χ1n) is 5.81. The van der Waals surface area contributed by atoms with Crippen molar-refractivity contribution >= 4 is 0 Å². The second kappa shape index (κ2) is 6.09. The van der Waals surface area contributed by atoms with Crippen LogP contribution >= 0.6 is 0 Å². The fraction of sp³-hybridized carbons (Fsp3) is 0.917. The van der Waals surface area contributed by atoms with Crippen LogP contribution in [0.3, 0.4) is 0 Å². The molecule has 1 saturated carbocycles. The molecular formula is C12H22N2O. The summed E-state index contributed by atoms with van der Waals surface area (Å²) in [5.41, 5.74) is 0. The molecule has 0 aromatic rings. The third-order valence-electron chi connectivity index (χ3n) is 3.19. The first-order valence-corrected chi connectivity index (χ1v) is 5.81. The average Bonchev–Trinajstić information content (AvgIpc) is 3.06. The summed E-state index contributed by atoms with van der Waals surface area (Å²) >= 11 is 0. The van der Waals surface area contributed by atoms with Crippen LogP contribution in [0.15, 0.2) is 0 Å². The molecule has 86 valence electrons. The lowest BCUT2D eigenvalue weighted by Crippen LogP contribution is -2.39. The van der Waals surface area contributed by atoms with Gasteiger partial charge in [0.1, 0.15) is 0 Å². The Balaban J connectivity index is 2.40. The number of methoxy groups -OCH3 is 1. The van der Waals surface area contributed by atoms with Crippen molar-refractivity contribution in [3.05, 3.63) is 0 Å². The smallest absolute Gasteiger partial charge is 0.0666 e. The van der Waals surface area contributed by atoms with Gasteiger partial charge in [-0.3, -0.25) is 4.90 Å². The molecule has 2 unspecified atom stereocenters. The van der Waals surface area contributed by atoms with Crippen LogP contribution in [0.2, 0.25) is 0 Å². The van der Waals surface area contributed by atoms with Crippen molar-refractivity contribution in [2.75, 3.05) is 26.8 Å². The molecule has 0 amide bonds. The zero-order valence-electron chi connectivity index (χ0n) is 10.1. The SMILES string of the molecule is COCCN(CC(C)C#N)C(C)C1CC1. The quantitative estimate of drug-likeness (QED) is 0.644. The van der Waals surface area contributed by atoms with E-state index >= 15 is 0 Å². The van der Waals surface area contributed by atoms with Gasteiger partial charge >= 0.3 is 0 Å². The van der Waals surface area contributed by atoms with Gasteiger partial charge in [0, 0.05) is 26.2 Å². The van der Waals surface area contributed by atoms with Crippen molar-refractivity contribution in [1.82, 2.24) is 4.90 Å². The van der Waals surface area contributed by atoms with Crippen LogP contribution in [0.1, 0.15) is 26.7 Å². The standard InChI is InChI=1S/C12H22N2O/c1-10(8-13)9-14(6-7-15-3)11(2)12-4-5-12/h10-12H,4-7,9H2,1-3H3. The van der Waals surface area contributed by atoms with Crippen LogP contribution < -0.4 is 0 Å². The monoisotopic (exact) mass is 210 g/mol. The Bertz CT molecular complexity index is 220. The Morgan fingerprint density at radius 3 is 2.60 bits per heavy atom. The van der Waals surface area contributed by atoms with Gasteiger partial charge in [0.05, 0.1) is 18.6 Å². The molecule has 0 aromatic heterocycles. The van der Waals surface area contributed by atoms with E-state index in [9.17, 15) is 0 Å². The summed E-state index contributed by atoms with van der Waals surface area (Å²) < 4.78 is 5.11. The predicted molar refractivity (Wildman–Crippen MR) is 60.4 cm³/mol. The van der Waals surface area contributed by atoms with Crippen molar-refractivity contribution in [2.24, 2.45) is 11.8 Å². The molecule has 0 aliphatic heterocycles. The van der Waals surface area contributed by atoms with E-state index in [0.29, 0.717) is 6.04 Å². The lowest BCUT2D eigenvalue weighted by Gasteiger charge is -2.29. The summed E-state index contributed by atoms with van der Waals surface area (Å²) in [5, 5.41) is 8.84. The van der Waals surface area contributed by atoms with E-state index in [0.717, 1.165) is 25.6 Å². The van der Waals surface area contributed by atoms with E-state index in [2.05, 4.69) is 17.9 Å². The van der Waals surface area contributed by atoms with E-state index < -0.39 is 0 Å². The zero-order chi connectivity index (χ0) is 11.3. The van der Waals surface area contributed by atoms with Crippen LogP contribution in [-0.2, 0) is 4.74 Å². The molecule has 0 saturated heterocycles. The highest BCUT2D eigenvalue weighted by atomic mass is 16.5. The van der Waals surface area contributed by atoms with Gasteiger partial charge in [0.2, 0.25) is 0 Å². The Morgan fingerprint density at radius 2 is 2.13 bits per heavy atom. The van der Waals surface area contributed by atoms with Crippen molar-refractivity contribution in [3.8, 4) is 6.07 Å². The minimum absolute atomic E-state index is 0.114. The van der Waals surface area contributed by atoms with E-state index in [4.69, 9.17) is 10.00 Å². The lowest BCUT2D eigenvalue weighted by atomic mass is 10.1. The van der Waals surface area contributed by atoms with E-state index in [1.54, 1.807) is 7.11 Å². The molecule has 15 heavy (non-hydrogen) atoms.